The molecule has 0 atom stereocenters. The van der Waals surface area contributed by atoms with E-state index in [1.54, 1.807) is 24.7 Å². The largest absolute Gasteiger partial charge is 0.497 e. The van der Waals surface area contributed by atoms with Crippen LogP contribution in [0, 0.1) is 0 Å². The van der Waals surface area contributed by atoms with Crippen LogP contribution < -0.4 is 4.74 Å². The van der Waals surface area contributed by atoms with Crippen molar-refractivity contribution in [2.45, 2.75) is 13.0 Å². The maximum atomic E-state index is 12.8. The van der Waals surface area contributed by atoms with E-state index < -0.39 is 0 Å². The quantitative estimate of drug-likeness (QED) is 0.456. The van der Waals surface area contributed by atoms with Gasteiger partial charge in [-0.25, -0.2) is 0 Å². The first-order chi connectivity index (χ1) is 15.2. The summed E-state index contributed by atoms with van der Waals surface area (Å²) in [5, 5.41) is 7.00. The second-order valence-electron chi connectivity index (χ2n) is 7.45. The SMILES string of the molecule is COc1ccc2c(CC(=O)N3CCN(Cc4nc(-c5cccs5)no4)CC3)coc2c1. The molecular weight excluding hydrogens is 416 g/mol. The number of rotatable bonds is 6. The predicted octanol–water partition coefficient (Wildman–Crippen LogP) is 3.44. The van der Waals surface area contributed by atoms with E-state index in [0.717, 1.165) is 40.2 Å². The van der Waals surface area contributed by atoms with E-state index in [9.17, 15) is 4.79 Å². The number of nitrogens with zero attached hydrogens (tertiary/aromatic N) is 4. The van der Waals surface area contributed by atoms with Crippen LogP contribution >= 0.6 is 11.3 Å². The molecule has 5 rings (SSSR count). The molecular formula is C22H22N4O4S. The fourth-order valence-corrected chi connectivity index (χ4v) is 4.42. The Kier molecular flexibility index (Phi) is 5.44. The topological polar surface area (TPSA) is 84.8 Å². The molecule has 4 heterocycles. The summed E-state index contributed by atoms with van der Waals surface area (Å²) in [5.74, 6) is 2.07. The number of thiophene rings is 1. The Labute approximate surface area is 183 Å². The second-order valence-corrected chi connectivity index (χ2v) is 8.39. The van der Waals surface area contributed by atoms with E-state index in [1.165, 1.54) is 0 Å². The first kappa shape index (κ1) is 19.8. The molecule has 1 aromatic carbocycles. The van der Waals surface area contributed by atoms with Gasteiger partial charge in [0.2, 0.25) is 17.6 Å². The molecule has 31 heavy (non-hydrogen) atoms. The zero-order valence-corrected chi connectivity index (χ0v) is 17.9. The Morgan fingerprint density at radius 3 is 2.87 bits per heavy atom. The van der Waals surface area contributed by atoms with E-state index in [-0.39, 0.29) is 5.91 Å². The van der Waals surface area contributed by atoms with Crippen molar-refractivity contribution in [2.24, 2.45) is 0 Å². The van der Waals surface area contributed by atoms with Crippen molar-refractivity contribution in [3.63, 3.8) is 0 Å². The van der Waals surface area contributed by atoms with Crippen molar-refractivity contribution < 1.29 is 18.5 Å². The molecule has 1 amide bonds. The molecule has 0 spiro atoms. The highest BCUT2D eigenvalue weighted by Gasteiger charge is 2.24. The van der Waals surface area contributed by atoms with Crippen molar-refractivity contribution in [1.82, 2.24) is 19.9 Å². The summed E-state index contributed by atoms with van der Waals surface area (Å²) >= 11 is 1.59. The number of fused-ring (bicyclic) bond motifs is 1. The van der Waals surface area contributed by atoms with Crippen LogP contribution in [0.25, 0.3) is 21.7 Å². The number of piperazine rings is 1. The van der Waals surface area contributed by atoms with Crippen LogP contribution in [-0.4, -0.2) is 59.1 Å². The molecule has 3 aromatic heterocycles. The van der Waals surface area contributed by atoms with Crippen LogP contribution in [0.15, 0.2) is 50.9 Å². The molecule has 0 aliphatic carbocycles. The van der Waals surface area contributed by atoms with Crippen molar-refractivity contribution >= 4 is 28.2 Å². The number of methoxy groups -OCH3 is 1. The summed E-state index contributed by atoms with van der Waals surface area (Å²) in [7, 11) is 1.62. The third-order valence-corrected chi connectivity index (χ3v) is 6.36. The molecule has 1 saturated heterocycles. The van der Waals surface area contributed by atoms with E-state index in [0.29, 0.717) is 37.8 Å². The summed E-state index contributed by atoms with van der Waals surface area (Å²) in [6, 6.07) is 9.60. The van der Waals surface area contributed by atoms with Crippen LogP contribution in [0.1, 0.15) is 11.5 Å². The lowest BCUT2D eigenvalue weighted by atomic mass is 10.1. The number of hydrogen-bond donors (Lipinski definition) is 0. The van der Waals surface area contributed by atoms with Crippen LogP contribution in [0.2, 0.25) is 0 Å². The maximum Gasteiger partial charge on any atom is 0.241 e. The number of hydrogen-bond acceptors (Lipinski definition) is 8. The van der Waals surface area contributed by atoms with Crippen molar-refractivity contribution in [3.8, 4) is 16.5 Å². The van der Waals surface area contributed by atoms with Gasteiger partial charge in [-0.15, -0.1) is 11.3 Å². The fraction of sp³-hybridized carbons (Fsp3) is 0.318. The monoisotopic (exact) mass is 438 g/mol. The summed E-state index contributed by atoms with van der Waals surface area (Å²) in [6.45, 7) is 3.48. The standard InChI is InChI=1S/C22H22N4O4S/c1-28-16-4-5-17-15(14-29-18(17)12-16)11-21(27)26-8-6-25(7-9-26)13-20-23-22(24-30-20)19-3-2-10-31-19/h2-5,10,12,14H,6-9,11,13H2,1H3. The van der Waals surface area contributed by atoms with Gasteiger partial charge in [0.25, 0.3) is 0 Å². The van der Waals surface area contributed by atoms with Gasteiger partial charge in [-0.1, -0.05) is 11.2 Å². The van der Waals surface area contributed by atoms with Gasteiger partial charge in [-0.3, -0.25) is 9.69 Å². The van der Waals surface area contributed by atoms with Gasteiger partial charge in [0, 0.05) is 43.2 Å². The van der Waals surface area contributed by atoms with Crippen LogP contribution in [0.3, 0.4) is 0 Å². The van der Waals surface area contributed by atoms with E-state index >= 15 is 0 Å². The van der Waals surface area contributed by atoms with Gasteiger partial charge >= 0.3 is 0 Å². The predicted molar refractivity (Wildman–Crippen MR) is 116 cm³/mol. The number of amides is 1. The summed E-state index contributed by atoms with van der Waals surface area (Å²) in [5.41, 5.74) is 1.63. The number of furan rings is 1. The first-order valence-electron chi connectivity index (χ1n) is 10.1. The number of benzene rings is 1. The van der Waals surface area contributed by atoms with Gasteiger partial charge in [-0.2, -0.15) is 4.98 Å². The lowest BCUT2D eigenvalue weighted by Crippen LogP contribution is -2.48. The Morgan fingerprint density at radius 2 is 2.10 bits per heavy atom. The minimum Gasteiger partial charge on any atom is -0.497 e. The minimum absolute atomic E-state index is 0.107. The van der Waals surface area contributed by atoms with Gasteiger partial charge in [-0.05, 0) is 23.6 Å². The molecule has 8 nitrogen and oxygen atoms in total. The molecule has 0 saturated carbocycles. The number of carbonyl (C=O) groups is 1. The summed E-state index contributed by atoms with van der Waals surface area (Å²) in [4.78, 5) is 22.5. The van der Waals surface area contributed by atoms with Crippen molar-refractivity contribution in [2.75, 3.05) is 33.3 Å². The third kappa shape index (κ3) is 4.19. The van der Waals surface area contributed by atoms with Crippen LogP contribution in [0.5, 0.6) is 5.75 Å². The highest BCUT2D eigenvalue weighted by molar-refractivity contribution is 7.13. The average molecular weight is 439 g/mol. The van der Waals surface area contributed by atoms with E-state index in [1.807, 2.05) is 40.6 Å². The molecule has 0 bridgehead atoms. The van der Waals surface area contributed by atoms with Crippen molar-refractivity contribution in [1.29, 1.82) is 0 Å². The Balaban J connectivity index is 1.16. The van der Waals surface area contributed by atoms with E-state index in [2.05, 4.69) is 15.0 Å². The molecule has 0 N–H and O–H groups in total. The zero-order valence-electron chi connectivity index (χ0n) is 17.1. The number of carbonyl (C=O) groups excluding carboxylic acids is 1. The van der Waals surface area contributed by atoms with Crippen molar-refractivity contribution in [3.05, 3.63) is 53.4 Å². The van der Waals surface area contributed by atoms with E-state index in [4.69, 9.17) is 13.7 Å². The highest BCUT2D eigenvalue weighted by Crippen LogP contribution is 2.26. The number of ether oxygens (including phenoxy) is 1. The second kappa shape index (κ2) is 8.52. The molecule has 9 heteroatoms. The Bertz CT molecular complexity index is 1180. The molecule has 1 aliphatic rings. The van der Waals surface area contributed by atoms with Gasteiger partial charge in [0.1, 0.15) is 11.3 Å². The molecule has 4 aromatic rings. The minimum atomic E-state index is 0.107. The summed E-state index contributed by atoms with van der Waals surface area (Å²) < 4.78 is 16.2. The molecule has 160 valence electrons. The third-order valence-electron chi connectivity index (χ3n) is 5.50. The molecule has 1 aliphatic heterocycles. The first-order valence-corrected chi connectivity index (χ1v) is 11.0. The highest BCUT2D eigenvalue weighted by atomic mass is 32.1. The molecule has 1 fully saturated rings. The lowest BCUT2D eigenvalue weighted by molar-refractivity contribution is -0.132. The molecule has 0 unspecified atom stereocenters. The maximum absolute atomic E-state index is 12.8. The lowest BCUT2D eigenvalue weighted by Gasteiger charge is -2.34. The van der Waals surface area contributed by atoms with Crippen LogP contribution in [-0.2, 0) is 17.8 Å². The number of aromatic nitrogens is 2. The van der Waals surface area contributed by atoms with Crippen LogP contribution in [0.4, 0.5) is 0 Å². The Hall–Kier alpha value is -3.17. The molecule has 0 radical (unpaired) electrons. The zero-order chi connectivity index (χ0) is 21.2. The average Bonchev–Trinajstić information content (AvgIpc) is 3.55. The van der Waals surface area contributed by atoms with Gasteiger partial charge < -0.3 is 18.6 Å². The smallest absolute Gasteiger partial charge is 0.241 e. The summed E-state index contributed by atoms with van der Waals surface area (Å²) in [6.07, 6.45) is 1.99. The van der Waals surface area contributed by atoms with Gasteiger partial charge in [0.05, 0.1) is 31.2 Å². The normalized spacial score (nSPS) is 14.9. The van der Waals surface area contributed by atoms with Gasteiger partial charge in [0.15, 0.2) is 0 Å². The fourth-order valence-electron chi connectivity index (χ4n) is 3.77. The Morgan fingerprint density at radius 1 is 1.23 bits per heavy atom.